The van der Waals surface area contributed by atoms with Crippen molar-refractivity contribution < 1.29 is 18.4 Å². The van der Waals surface area contributed by atoms with Crippen LogP contribution in [-0.4, -0.2) is 34.8 Å². The quantitative estimate of drug-likeness (QED) is 0.733. The largest absolute Gasteiger partial charge is 0.351 e. The van der Waals surface area contributed by atoms with Crippen LogP contribution in [-0.2, 0) is 4.79 Å². The third kappa shape index (κ3) is 3.56. The first-order valence-electron chi connectivity index (χ1n) is 8.10. The molecular formula is C19H17F2N3O2. The van der Waals surface area contributed by atoms with Crippen molar-refractivity contribution in [3.63, 3.8) is 0 Å². The van der Waals surface area contributed by atoms with Gasteiger partial charge in [0, 0.05) is 17.4 Å². The number of anilines is 1. The van der Waals surface area contributed by atoms with Gasteiger partial charge in [-0.05, 0) is 31.2 Å². The zero-order valence-electron chi connectivity index (χ0n) is 14.1. The van der Waals surface area contributed by atoms with Crippen LogP contribution in [0.2, 0.25) is 0 Å². The molecule has 0 saturated heterocycles. The van der Waals surface area contributed by atoms with Crippen molar-refractivity contribution in [2.75, 3.05) is 18.4 Å². The highest BCUT2D eigenvalue weighted by Gasteiger charge is 2.20. The van der Waals surface area contributed by atoms with Gasteiger partial charge in [-0.2, -0.15) is 0 Å². The number of fused-ring (bicyclic) bond motifs is 1. The van der Waals surface area contributed by atoms with Gasteiger partial charge in [0.05, 0.1) is 0 Å². The van der Waals surface area contributed by atoms with Crippen LogP contribution in [0, 0.1) is 11.6 Å². The van der Waals surface area contributed by atoms with Gasteiger partial charge in [-0.25, -0.2) is 8.78 Å². The zero-order valence-corrected chi connectivity index (χ0v) is 14.1. The standard InChI is InChI=1S/C19H17F2N3O2/c1-2-24(11-17(25)23-18-13(20)7-5-8-14(18)21)19(26)16-10-12-6-3-4-9-15(12)22-16/h3-10,22H,2,11H2,1H3,(H,23,25). The van der Waals surface area contributed by atoms with E-state index in [4.69, 9.17) is 0 Å². The van der Waals surface area contributed by atoms with Crippen molar-refractivity contribution >= 4 is 28.4 Å². The monoisotopic (exact) mass is 357 g/mol. The Morgan fingerprint density at radius 1 is 1.08 bits per heavy atom. The van der Waals surface area contributed by atoms with Gasteiger partial charge in [0.15, 0.2) is 0 Å². The number of amides is 2. The van der Waals surface area contributed by atoms with Crippen LogP contribution in [0.15, 0.2) is 48.5 Å². The van der Waals surface area contributed by atoms with Gasteiger partial charge in [0.1, 0.15) is 29.6 Å². The van der Waals surface area contributed by atoms with Crippen LogP contribution in [0.4, 0.5) is 14.5 Å². The third-order valence-corrected chi connectivity index (χ3v) is 3.99. The van der Waals surface area contributed by atoms with E-state index in [1.54, 1.807) is 13.0 Å². The van der Waals surface area contributed by atoms with Crippen LogP contribution in [0.1, 0.15) is 17.4 Å². The highest BCUT2D eigenvalue weighted by Crippen LogP contribution is 2.19. The Kier molecular flexibility index (Phi) is 4.97. The summed E-state index contributed by atoms with van der Waals surface area (Å²) in [5, 5.41) is 3.06. The van der Waals surface area contributed by atoms with E-state index in [2.05, 4.69) is 10.3 Å². The number of carbonyl (C=O) groups excluding carboxylic acids is 2. The average molecular weight is 357 g/mol. The Balaban J connectivity index is 1.74. The van der Waals surface area contributed by atoms with Gasteiger partial charge in [-0.15, -0.1) is 0 Å². The van der Waals surface area contributed by atoms with Crippen LogP contribution in [0.25, 0.3) is 10.9 Å². The summed E-state index contributed by atoms with van der Waals surface area (Å²) >= 11 is 0. The van der Waals surface area contributed by atoms with Crippen molar-refractivity contribution in [2.45, 2.75) is 6.92 Å². The van der Waals surface area contributed by atoms with Crippen LogP contribution >= 0.6 is 0 Å². The number of hydrogen-bond acceptors (Lipinski definition) is 2. The van der Waals surface area contributed by atoms with Crippen molar-refractivity contribution in [1.82, 2.24) is 9.88 Å². The summed E-state index contributed by atoms with van der Waals surface area (Å²) in [6.07, 6.45) is 0. The smallest absolute Gasteiger partial charge is 0.270 e. The Bertz CT molecular complexity index is 915. The predicted octanol–water partition coefficient (Wildman–Crippen LogP) is 3.55. The lowest BCUT2D eigenvalue weighted by Gasteiger charge is -2.19. The predicted molar refractivity (Wildman–Crippen MR) is 94.9 cm³/mol. The second-order valence-corrected chi connectivity index (χ2v) is 5.73. The maximum Gasteiger partial charge on any atom is 0.270 e. The SMILES string of the molecule is CCN(CC(=O)Nc1c(F)cccc1F)C(=O)c1cc2ccccc2[nH]1. The van der Waals surface area contributed by atoms with E-state index in [1.165, 1.54) is 11.0 Å². The van der Waals surface area contributed by atoms with E-state index in [0.29, 0.717) is 5.69 Å². The van der Waals surface area contributed by atoms with Crippen molar-refractivity contribution in [3.05, 3.63) is 65.9 Å². The zero-order chi connectivity index (χ0) is 18.7. The molecule has 26 heavy (non-hydrogen) atoms. The number of hydrogen-bond donors (Lipinski definition) is 2. The molecule has 0 aliphatic carbocycles. The number of H-pyrrole nitrogens is 1. The van der Waals surface area contributed by atoms with Crippen molar-refractivity contribution in [2.24, 2.45) is 0 Å². The second-order valence-electron chi connectivity index (χ2n) is 5.73. The summed E-state index contributed by atoms with van der Waals surface area (Å²) in [5.74, 6) is -2.79. The Morgan fingerprint density at radius 2 is 1.77 bits per heavy atom. The van der Waals surface area contributed by atoms with Gasteiger partial charge in [-0.1, -0.05) is 24.3 Å². The number of benzene rings is 2. The molecule has 134 valence electrons. The van der Waals surface area contributed by atoms with E-state index < -0.39 is 23.2 Å². The van der Waals surface area contributed by atoms with Crippen molar-refractivity contribution in [3.8, 4) is 0 Å². The summed E-state index contributed by atoms with van der Waals surface area (Å²) in [5.41, 5.74) is 0.634. The molecule has 3 rings (SSSR count). The number of halogens is 2. The van der Waals surface area contributed by atoms with E-state index in [1.807, 2.05) is 24.3 Å². The number of aromatic nitrogens is 1. The lowest BCUT2D eigenvalue weighted by molar-refractivity contribution is -0.116. The van der Waals surface area contributed by atoms with Crippen molar-refractivity contribution in [1.29, 1.82) is 0 Å². The molecule has 1 aromatic heterocycles. The van der Waals surface area contributed by atoms with Crippen LogP contribution in [0.3, 0.4) is 0 Å². The molecule has 0 radical (unpaired) electrons. The molecular weight excluding hydrogens is 340 g/mol. The highest BCUT2D eigenvalue weighted by atomic mass is 19.1. The van der Waals surface area contributed by atoms with E-state index >= 15 is 0 Å². The number of rotatable bonds is 5. The maximum absolute atomic E-state index is 13.6. The van der Waals surface area contributed by atoms with E-state index in [-0.39, 0.29) is 19.0 Å². The maximum atomic E-state index is 13.6. The van der Waals surface area contributed by atoms with Crippen LogP contribution < -0.4 is 5.32 Å². The minimum absolute atomic E-state index is 0.265. The highest BCUT2D eigenvalue weighted by molar-refractivity contribution is 6.01. The van der Waals surface area contributed by atoms with Gasteiger partial charge in [0.2, 0.25) is 5.91 Å². The third-order valence-electron chi connectivity index (χ3n) is 3.99. The van der Waals surface area contributed by atoms with E-state index in [9.17, 15) is 18.4 Å². The Hall–Kier alpha value is -3.22. The molecule has 0 fully saturated rings. The molecule has 0 unspecified atom stereocenters. The van der Waals surface area contributed by atoms with Gasteiger partial charge >= 0.3 is 0 Å². The molecule has 0 spiro atoms. The summed E-state index contributed by atoms with van der Waals surface area (Å²) in [7, 11) is 0. The first-order chi connectivity index (χ1) is 12.5. The molecule has 0 aliphatic heterocycles. The molecule has 2 N–H and O–H groups in total. The number of aromatic amines is 1. The topological polar surface area (TPSA) is 65.2 Å². The lowest BCUT2D eigenvalue weighted by Crippen LogP contribution is -2.38. The fourth-order valence-electron chi connectivity index (χ4n) is 2.66. The molecule has 1 heterocycles. The molecule has 2 amide bonds. The number of likely N-dealkylation sites (N-methyl/N-ethyl adjacent to an activating group) is 1. The number of nitrogens with one attached hydrogen (secondary N) is 2. The molecule has 0 atom stereocenters. The summed E-state index contributed by atoms with van der Waals surface area (Å²) < 4.78 is 27.3. The molecule has 0 aliphatic rings. The first-order valence-corrected chi connectivity index (χ1v) is 8.10. The van der Waals surface area contributed by atoms with Crippen LogP contribution in [0.5, 0.6) is 0 Å². The minimum Gasteiger partial charge on any atom is -0.351 e. The normalized spacial score (nSPS) is 10.7. The summed E-state index contributed by atoms with van der Waals surface area (Å²) in [6.45, 7) is 1.66. The van der Waals surface area contributed by atoms with Gasteiger partial charge < -0.3 is 15.2 Å². The molecule has 7 heteroatoms. The Labute approximate surface area is 148 Å². The molecule has 3 aromatic rings. The lowest BCUT2D eigenvalue weighted by atomic mass is 10.2. The molecule has 0 saturated carbocycles. The fraction of sp³-hybridized carbons (Fsp3) is 0.158. The van der Waals surface area contributed by atoms with Gasteiger partial charge in [-0.3, -0.25) is 9.59 Å². The molecule has 0 bridgehead atoms. The average Bonchev–Trinajstić information content (AvgIpc) is 3.06. The fourth-order valence-corrected chi connectivity index (χ4v) is 2.66. The minimum atomic E-state index is -0.872. The number of carbonyl (C=O) groups is 2. The second kappa shape index (κ2) is 7.35. The number of para-hydroxylation sites is 2. The molecule has 5 nitrogen and oxygen atoms in total. The Morgan fingerprint density at radius 3 is 2.42 bits per heavy atom. The first kappa shape index (κ1) is 17.6. The summed E-state index contributed by atoms with van der Waals surface area (Å²) in [4.78, 5) is 29.1. The molecule has 2 aromatic carbocycles. The number of nitrogens with zero attached hydrogens (tertiary/aromatic N) is 1. The van der Waals surface area contributed by atoms with E-state index in [0.717, 1.165) is 23.0 Å². The van der Waals surface area contributed by atoms with Gasteiger partial charge in [0.25, 0.3) is 5.91 Å². The summed E-state index contributed by atoms with van der Waals surface area (Å²) in [6, 6.07) is 12.4.